The van der Waals surface area contributed by atoms with Gasteiger partial charge in [0, 0.05) is 18.3 Å². The van der Waals surface area contributed by atoms with Crippen molar-refractivity contribution >= 4 is 11.6 Å². The largest absolute Gasteiger partial charge is 0.309 e. The SMILES string of the molecule is Cc1cc(C)cc(N2CC(C)NC(CC#N)C2=O)c1. The molecule has 2 atom stereocenters. The molecule has 0 saturated carbocycles. The molecule has 19 heavy (non-hydrogen) atoms. The molecule has 0 spiro atoms. The molecular formula is C15H19N3O. The highest BCUT2D eigenvalue weighted by molar-refractivity contribution is 5.98. The van der Waals surface area contributed by atoms with Crippen molar-refractivity contribution in [3.8, 4) is 6.07 Å². The topological polar surface area (TPSA) is 56.1 Å². The lowest BCUT2D eigenvalue weighted by Gasteiger charge is -2.36. The van der Waals surface area contributed by atoms with Crippen LogP contribution in [0.4, 0.5) is 5.69 Å². The van der Waals surface area contributed by atoms with Crippen LogP contribution in [0.2, 0.25) is 0 Å². The van der Waals surface area contributed by atoms with Crippen LogP contribution in [0.15, 0.2) is 18.2 Å². The molecule has 4 nitrogen and oxygen atoms in total. The van der Waals surface area contributed by atoms with Gasteiger partial charge in [0.25, 0.3) is 0 Å². The van der Waals surface area contributed by atoms with E-state index in [1.54, 1.807) is 4.90 Å². The Labute approximate surface area is 114 Å². The number of carbonyl (C=O) groups is 1. The molecule has 1 amide bonds. The number of piperazine rings is 1. The molecule has 2 rings (SSSR count). The fourth-order valence-corrected chi connectivity index (χ4v) is 2.60. The number of amides is 1. The van der Waals surface area contributed by atoms with Gasteiger partial charge < -0.3 is 10.2 Å². The van der Waals surface area contributed by atoms with Gasteiger partial charge in [-0.05, 0) is 44.0 Å². The van der Waals surface area contributed by atoms with Crippen LogP contribution in [0.1, 0.15) is 24.5 Å². The second-order valence-electron chi connectivity index (χ2n) is 5.28. The Kier molecular flexibility index (Phi) is 3.87. The van der Waals surface area contributed by atoms with E-state index in [4.69, 9.17) is 5.26 Å². The number of aryl methyl sites for hydroxylation is 2. The molecule has 100 valence electrons. The van der Waals surface area contributed by atoms with Crippen LogP contribution in [-0.2, 0) is 4.79 Å². The fourth-order valence-electron chi connectivity index (χ4n) is 2.60. The van der Waals surface area contributed by atoms with Crippen molar-refractivity contribution in [2.45, 2.75) is 39.3 Å². The number of anilines is 1. The van der Waals surface area contributed by atoms with Crippen molar-refractivity contribution in [3.63, 3.8) is 0 Å². The van der Waals surface area contributed by atoms with E-state index in [-0.39, 0.29) is 18.4 Å². The van der Waals surface area contributed by atoms with Gasteiger partial charge in [0.15, 0.2) is 0 Å². The van der Waals surface area contributed by atoms with E-state index in [0.717, 1.165) is 16.8 Å². The van der Waals surface area contributed by atoms with E-state index in [1.807, 2.05) is 32.9 Å². The number of hydrogen-bond acceptors (Lipinski definition) is 3. The fraction of sp³-hybridized carbons (Fsp3) is 0.467. The lowest BCUT2D eigenvalue weighted by molar-refractivity contribution is -0.122. The molecule has 1 fully saturated rings. The number of hydrogen-bond donors (Lipinski definition) is 1. The van der Waals surface area contributed by atoms with Gasteiger partial charge in [-0.2, -0.15) is 5.26 Å². The van der Waals surface area contributed by atoms with Crippen LogP contribution in [0, 0.1) is 25.2 Å². The summed E-state index contributed by atoms with van der Waals surface area (Å²) >= 11 is 0. The Morgan fingerprint density at radius 3 is 2.58 bits per heavy atom. The molecule has 0 aliphatic carbocycles. The molecule has 0 radical (unpaired) electrons. The van der Waals surface area contributed by atoms with Gasteiger partial charge in [-0.3, -0.25) is 4.79 Å². The monoisotopic (exact) mass is 257 g/mol. The summed E-state index contributed by atoms with van der Waals surface area (Å²) < 4.78 is 0. The second kappa shape index (κ2) is 5.41. The van der Waals surface area contributed by atoms with Gasteiger partial charge in [-0.1, -0.05) is 6.07 Å². The number of nitriles is 1. The number of rotatable bonds is 2. The third-order valence-corrected chi connectivity index (χ3v) is 3.32. The normalized spacial score (nSPS) is 23.3. The summed E-state index contributed by atoms with van der Waals surface area (Å²) in [5.74, 6) is -0.00958. The zero-order chi connectivity index (χ0) is 14.0. The van der Waals surface area contributed by atoms with E-state index in [1.165, 1.54) is 0 Å². The Balaban J connectivity index is 2.31. The van der Waals surface area contributed by atoms with E-state index in [9.17, 15) is 4.79 Å². The van der Waals surface area contributed by atoms with Crippen molar-refractivity contribution in [1.82, 2.24) is 5.32 Å². The predicted octanol–water partition coefficient (Wildman–Crippen LogP) is 1.91. The molecule has 1 saturated heterocycles. The third-order valence-electron chi connectivity index (χ3n) is 3.32. The third kappa shape index (κ3) is 2.94. The zero-order valence-electron chi connectivity index (χ0n) is 11.6. The first-order valence-corrected chi connectivity index (χ1v) is 6.54. The Morgan fingerprint density at radius 1 is 1.37 bits per heavy atom. The van der Waals surface area contributed by atoms with Crippen molar-refractivity contribution in [2.24, 2.45) is 0 Å². The molecular weight excluding hydrogens is 238 g/mol. The first kappa shape index (κ1) is 13.6. The van der Waals surface area contributed by atoms with E-state index in [0.29, 0.717) is 6.54 Å². The Morgan fingerprint density at radius 2 is 2.00 bits per heavy atom. The van der Waals surface area contributed by atoms with Crippen LogP contribution in [0.25, 0.3) is 0 Å². The quantitative estimate of drug-likeness (QED) is 0.880. The number of benzene rings is 1. The maximum Gasteiger partial charge on any atom is 0.245 e. The predicted molar refractivity (Wildman–Crippen MR) is 74.9 cm³/mol. The maximum atomic E-state index is 12.4. The summed E-state index contributed by atoms with van der Waals surface area (Å²) in [6.07, 6.45) is 0.213. The minimum Gasteiger partial charge on any atom is -0.309 e. The minimum atomic E-state index is -0.394. The van der Waals surface area contributed by atoms with Gasteiger partial charge in [-0.15, -0.1) is 0 Å². The van der Waals surface area contributed by atoms with Crippen LogP contribution in [0.5, 0.6) is 0 Å². The van der Waals surface area contributed by atoms with Gasteiger partial charge in [0.05, 0.1) is 12.5 Å². The van der Waals surface area contributed by atoms with E-state index in [2.05, 4.69) is 17.5 Å². The number of nitrogens with one attached hydrogen (secondary N) is 1. The summed E-state index contributed by atoms with van der Waals surface area (Å²) in [4.78, 5) is 14.2. The highest BCUT2D eigenvalue weighted by Gasteiger charge is 2.32. The molecule has 1 aliphatic heterocycles. The average Bonchev–Trinajstić information content (AvgIpc) is 2.32. The number of nitrogens with zero attached hydrogens (tertiary/aromatic N) is 2. The summed E-state index contributed by atoms with van der Waals surface area (Å²) in [7, 11) is 0. The summed E-state index contributed by atoms with van der Waals surface area (Å²) in [5.41, 5.74) is 3.22. The smallest absolute Gasteiger partial charge is 0.245 e. The molecule has 2 unspecified atom stereocenters. The average molecular weight is 257 g/mol. The van der Waals surface area contributed by atoms with Crippen LogP contribution in [0.3, 0.4) is 0 Å². The van der Waals surface area contributed by atoms with Crippen LogP contribution >= 0.6 is 0 Å². The molecule has 4 heteroatoms. The molecule has 1 N–H and O–H groups in total. The second-order valence-corrected chi connectivity index (χ2v) is 5.28. The van der Waals surface area contributed by atoms with Crippen LogP contribution in [-0.4, -0.2) is 24.5 Å². The van der Waals surface area contributed by atoms with Gasteiger partial charge in [0.1, 0.15) is 6.04 Å². The lowest BCUT2D eigenvalue weighted by Crippen LogP contribution is -2.59. The number of carbonyl (C=O) groups excluding carboxylic acids is 1. The molecule has 1 aromatic carbocycles. The van der Waals surface area contributed by atoms with E-state index >= 15 is 0 Å². The zero-order valence-corrected chi connectivity index (χ0v) is 11.6. The highest BCUT2D eigenvalue weighted by atomic mass is 16.2. The molecule has 1 heterocycles. The van der Waals surface area contributed by atoms with Crippen molar-refractivity contribution in [1.29, 1.82) is 5.26 Å². The first-order valence-electron chi connectivity index (χ1n) is 6.54. The summed E-state index contributed by atoms with van der Waals surface area (Å²) in [6, 6.07) is 8.00. The first-order chi connectivity index (χ1) is 9.01. The lowest BCUT2D eigenvalue weighted by atomic mass is 10.0. The Bertz CT molecular complexity index is 512. The van der Waals surface area contributed by atoms with Gasteiger partial charge in [0.2, 0.25) is 5.91 Å². The van der Waals surface area contributed by atoms with Gasteiger partial charge >= 0.3 is 0 Å². The van der Waals surface area contributed by atoms with Crippen LogP contribution < -0.4 is 10.2 Å². The van der Waals surface area contributed by atoms with Crippen molar-refractivity contribution in [3.05, 3.63) is 29.3 Å². The van der Waals surface area contributed by atoms with E-state index < -0.39 is 6.04 Å². The molecule has 0 aromatic heterocycles. The standard InChI is InChI=1S/C15H19N3O/c1-10-6-11(2)8-13(7-10)18-9-12(3)17-14(4-5-16)15(18)19/h6-8,12,14,17H,4,9H2,1-3H3. The Hall–Kier alpha value is -1.86. The maximum absolute atomic E-state index is 12.4. The summed E-state index contributed by atoms with van der Waals surface area (Å²) in [5, 5.41) is 12.0. The molecule has 1 aliphatic rings. The van der Waals surface area contributed by atoms with Crippen molar-refractivity contribution < 1.29 is 4.79 Å². The summed E-state index contributed by atoms with van der Waals surface area (Å²) in [6.45, 7) is 6.73. The van der Waals surface area contributed by atoms with Gasteiger partial charge in [-0.25, -0.2) is 0 Å². The minimum absolute atomic E-state index is 0.00958. The molecule has 0 bridgehead atoms. The van der Waals surface area contributed by atoms with Crippen molar-refractivity contribution in [2.75, 3.05) is 11.4 Å². The molecule has 1 aromatic rings. The highest BCUT2D eigenvalue weighted by Crippen LogP contribution is 2.22.